The first-order chi connectivity index (χ1) is 12.6. The first-order valence-electron chi connectivity index (χ1n) is 7.98. The van der Waals surface area contributed by atoms with E-state index in [4.69, 9.17) is 4.74 Å². The van der Waals surface area contributed by atoms with Gasteiger partial charge < -0.3 is 4.74 Å². The Bertz CT molecular complexity index is 973. The van der Waals surface area contributed by atoms with Crippen LogP contribution < -0.4 is 0 Å². The van der Waals surface area contributed by atoms with Crippen molar-refractivity contribution in [2.24, 2.45) is 0 Å². The molecule has 2 aromatic carbocycles. The second-order valence-electron chi connectivity index (χ2n) is 6.09. The van der Waals surface area contributed by atoms with E-state index >= 15 is 0 Å². The Hall–Kier alpha value is -2.39. The van der Waals surface area contributed by atoms with Crippen LogP contribution in [-0.4, -0.2) is 31.8 Å². The third-order valence-corrected chi connectivity index (χ3v) is 6.30. The van der Waals surface area contributed by atoms with Gasteiger partial charge in [-0.15, -0.1) is 0 Å². The molecule has 0 saturated carbocycles. The van der Waals surface area contributed by atoms with E-state index in [9.17, 15) is 26.4 Å². The van der Waals surface area contributed by atoms with Crippen LogP contribution in [0.25, 0.3) is 0 Å². The summed E-state index contributed by atoms with van der Waals surface area (Å²) in [6.07, 6.45) is -4.59. The highest BCUT2D eigenvalue weighted by molar-refractivity contribution is 7.89. The molecule has 0 amide bonds. The van der Waals surface area contributed by atoms with Gasteiger partial charge in [0.25, 0.3) is 0 Å². The molecule has 0 aromatic heterocycles. The summed E-state index contributed by atoms with van der Waals surface area (Å²) in [5.41, 5.74) is 0.409. The van der Waals surface area contributed by atoms with E-state index in [-0.39, 0.29) is 13.0 Å². The van der Waals surface area contributed by atoms with E-state index in [1.54, 1.807) is 24.3 Å². The largest absolute Gasteiger partial charge is 0.468 e. The molecule has 1 heterocycles. The van der Waals surface area contributed by atoms with Crippen LogP contribution in [-0.2, 0) is 38.7 Å². The number of halogens is 3. The van der Waals surface area contributed by atoms with E-state index in [2.05, 4.69) is 0 Å². The minimum Gasteiger partial charge on any atom is -0.468 e. The predicted molar refractivity (Wildman–Crippen MR) is 90.1 cm³/mol. The number of benzene rings is 2. The van der Waals surface area contributed by atoms with Crippen LogP contribution in [0.2, 0.25) is 0 Å². The molecule has 27 heavy (non-hydrogen) atoms. The highest BCUT2D eigenvalue weighted by Gasteiger charge is 2.41. The molecule has 0 radical (unpaired) electrons. The van der Waals surface area contributed by atoms with Crippen molar-refractivity contribution in [3.05, 3.63) is 65.2 Å². The molecule has 0 saturated heterocycles. The van der Waals surface area contributed by atoms with E-state index in [1.807, 2.05) is 0 Å². The number of sulfonamides is 1. The van der Waals surface area contributed by atoms with Gasteiger partial charge in [-0.05, 0) is 29.3 Å². The quantitative estimate of drug-likeness (QED) is 0.745. The van der Waals surface area contributed by atoms with Crippen molar-refractivity contribution in [3.8, 4) is 0 Å². The first-order valence-corrected chi connectivity index (χ1v) is 9.42. The fraction of sp³-hybridized carbons (Fsp3) is 0.278. The molecule has 1 atom stereocenters. The molecule has 2 aromatic rings. The van der Waals surface area contributed by atoms with Gasteiger partial charge in [0.2, 0.25) is 10.0 Å². The summed E-state index contributed by atoms with van der Waals surface area (Å²) in [5.74, 6) is -0.764. The Morgan fingerprint density at radius 3 is 2.41 bits per heavy atom. The summed E-state index contributed by atoms with van der Waals surface area (Å²) in [7, 11) is -3.22. The van der Waals surface area contributed by atoms with Crippen LogP contribution in [0.15, 0.2) is 53.4 Å². The topological polar surface area (TPSA) is 63.7 Å². The van der Waals surface area contributed by atoms with Crippen molar-refractivity contribution in [2.45, 2.75) is 30.1 Å². The van der Waals surface area contributed by atoms with Crippen molar-refractivity contribution < 1.29 is 31.1 Å². The molecule has 1 aliphatic heterocycles. The Morgan fingerprint density at radius 1 is 1.11 bits per heavy atom. The molecule has 0 N–H and O–H groups in total. The van der Waals surface area contributed by atoms with Crippen LogP contribution in [0.4, 0.5) is 13.2 Å². The zero-order chi connectivity index (χ0) is 19.8. The van der Waals surface area contributed by atoms with Gasteiger partial charge in [-0.25, -0.2) is 8.42 Å². The van der Waals surface area contributed by atoms with Crippen LogP contribution in [0.5, 0.6) is 0 Å². The fourth-order valence-electron chi connectivity index (χ4n) is 3.06. The molecule has 5 nitrogen and oxygen atoms in total. The average molecular weight is 399 g/mol. The highest BCUT2D eigenvalue weighted by atomic mass is 32.2. The maximum absolute atomic E-state index is 13.1. The van der Waals surface area contributed by atoms with Crippen molar-refractivity contribution in [3.63, 3.8) is 0 Å². The number of hydrogen-bond acceptors (Lipinski definition) is 4. The minimum absolute atomic E-state index is 0.0844. The number of methoxy groups -OCH3 is 1. The number of alkyl halides is 3. The van der Waals surface area contributed by atoms with E-state index in [0.29, 0.717) is 11.6 Å². The van der Waals surface area contributed by atoms with Gasteiger partial charge in [0.1, 0.15) is 6.04 Å². The third kappa shape index (κ3) is 3.70. The fourth-order valence-corrected chi connectivity index (χ4v) is 4.66. The molecule has 144 valence electrons. The van der Waals surface area contributed by atoms with Crippen LogP contribution in [0.1, 0.15) is 16.7 Å². The second kappa shape index (κ2) is 6.97. The maximum Gasteiger partial charge on any atom is 0.416 e. The average Bonchev–Trinajstić information content (AvgIpc) is 2.65. The number of nitrogens with zero attached hydrogens (tertiary/aromatic N) is 1. The second-order valence-corrected chi connectivity index (χ2v) is 7.98. The smallest absolute Gasteiger partial charge is 0.416 e. The summed E-state index contributed by atoms with van der Waals surface area (Å²) in [6.45, 7) is -0.130. The Morgan fingerprint density at radius 2 is 1.78 bits per heavy atom. The number of carbonyl (C=O) groups is 1. The van der Waals surface area contributed by atoms with Crippen molar-refractivity contribution in [1.82, 2.24) is 4.31 Å². The third-order valence-electron chi connectivity index (χ3n) is 4.45. The minimum atomic E-state index is -4.68. The molecule has 9 heteroatoms. The normalized spacial score (nSPS) is 18.0. The molecular weight excluding hydrogens is 383 g/mol. The first kappa shape index (κ1) is 19.4. The van der Waals surface area contributed by atoms with Crippen LogP contribution in [0.3, 0.4) is 0 Å². The lowest BCUT2D eigenvalue weighted by Crippen LogP contribution is -2.49. The van der Waals surface area contributed by atoms with Crippen LogP contribution >= 0.6 is 0 Å². The zero-order valence-electron chi connectivity index (χ0n) is 14.2. The SMILES string of the molecule is COC(=O)[C@@H]1Cc2ccccc2CN1S(=O)(=O)c1cccc(C(F)(F)F)c1. The van der Waals surface area contributed by atoms with Gasteiger partial charge >= 0.3 is 12.1 Å². The molecule has 3 rings (SSSR count). The number of carbonyl (C=O) groups excluding carboxylic acids is 1. The van der Waals surface area contributed by atoms with Gasteiger partial charge in [-0.2, -0.15) is 17.5 Å². The van der Waals surface area contributed by atoms with E-state index in [1.165, 1.54) is 0 Å². The molecule has 0 fully saturated rings. The summed E-state index contributed by atoms with van der Waals surface area (Å²) in [5, 5.41) is 0. The summed E-state index contributed by atoms with van der Waals surface area (Å²) < 4.78 is 70.7. The summed E-state index contributed by atoms with van der Waals surface area (Å²) in [4.78, 5) is 11.7. The molecule has 0 unspecified atom stereocenters. The number of fused-ring (bicyclic) bond motifs is 1. The lowest BCUT2D eigenvalue weighted by molar-refractivity contribution is -0.145. The Balaban J connectivity index is 2.07. The lowest BCUT2D eigenvalue weighted by Gasteiger charge is -2.34. The monoisotopic (exact) mass is 399 g/mol. The number of hydrogen-bond donors (Lipinski definition) is 0. The van der Waals surface area contributed by atoms with E-state index < -0.39 is 38.7 Å². The Labute approximate surface area is 154 Å². The number of esters is 1. The number of ether oxygens (including phenoxy) is 1. The molecular formula is C18H16F3NO4S. The van der Waals surface area contributed by atoms with Gasteiger partial charge in [0.05, 0.1) is 17.6 Å². The van der Waals surface area contributed by atoms with Crippen LogP contribution in [0, 0.1) is 0 Å². The van der Waals surface area contributed by atoms with Crippen molar-refractivity contribution in [2.75, 3.05) is 7.11 Å². The maximum atomic E-state index is 13.1. The summed E-state index contributed by atoms with van der Waals surface area (Å²) >= 11 is 0. The van der Waals surface area contributed by atoms with Crippen molar-refractivity contribution >= 4 is 16.0 Å². The standard InChI is InChI=1S/C18H16F3NO4S/c1-26-17(23)16-9-12-5-2-3-6-13(12)11-22(16)27(24,25)15-8-4-7-14(10-15)18(19,20)21/h2-8,10,16H,9,11H2,1H3/t16-/m0/s1. The molecule has 0 spiro atoms. The predicted octanol–water partition coefficient (Wildman–Crippen LogP) is 2.99. The Kier molecular flexibility index (Phi) is 5.00. The lowest BCUT2D eigenvalue weighted by atomic mass is 9.96. The number of rotatable bonds is 3. The highest BCUT2D eigenvalue weighted by Crippen LogP contribution is 2.33. The van der Waals surface area contributed by atoms with E-state index in [0.717, 1.165) is 35.2 Å². The van der Waals surface area contributed by atoms with Gasteiger partial charge in [-0.1, -0.05) is 30.3 Å². The van der Waals surface area contributed by atoms with Gasteiger partial charge in [0.15, 0.2) is 0 Å². The zero-order valence-corrected chi connectivity index (χ0v) is 15.0. The molecule has 1 aliphatic rings. The molecule has 0 bridgehead atoms. The van der Waals surface area contributed by atoms with Gasteiger partial charge in [-0.3, -0.25) is 4.79 Å². The van der Waals surface area contributed by atoms with Crippen molar-refractivity contribution in [1.29, 1.82) is 0 Å². The van der Waals surface area contributed by atoms with Gasteiger partial charge in [0, 0.05) is 13.0 Å². The summed E-state index contributed by atoms with van der Waals surface area (Å²) in [6, 6.07) is 9.32. The molecule has 0 aliphatic carbocycles.